The molecule has 2 aromatic rings. The number of carbonyl (C=O) groups is 1. The van der Waals surface area contributed by atoms with Crippen molar-refractivity contribution in [2.75, 3.05) is 5.32 Å². The van der Waals surface area contributed by atoms with E-state index >= 15 is 0 Å². The lowest BCUT2D eigenvalue weighted by molar-refractivity contribution is 0.0505. The normalized spacial score (nSPS) is 21.2. The van der Waals surface area contributed by atoms with Crippen molar-refractivity contribution in [3.63, 3.8) is 0 Å². The van der Waals surface area contributed by atoms with Gasteiger partial charge in [-0.1, -0.05) is 13.8 Å². The largest absolute Gasteiger partial charge is 0.444 e. The van der Waals surface area contributed by atoms with Crippen LogP contribution in [0.5, 0.6) is 0 Å². The highest BCUT2D eigenvalue weighted by molar-refractivity contribution is 5.68. The molecule has 148 valence electrons. The summed E-state index contributed by atoms with van der Waals surface area (Å²) in [5.74, 6) is 1.36. The molecule has 7 heteroatoms. The van der Waals surface area contributed by atoms with Gasteiger partial charge >= 0.3 is 6.09 Å². The second kappa shape index (κ2) is 7.74. The number of fused-ring (bicyclic) bond motifs is 1. The van der Waals surface area contributed by atoms with E-state index in [2.05, 4.69) is 35.6 Å². The molecular weight excluding hydrogens is 342 g/mol. The number of anilines is 1. The summed E-state index contributed by atoms with van der Waals surface area (Å²) < 4.78 is 7.21. The smallest absolute Gasteiger partial charge is 0.407 e. The van der Waals surface area contributed by atoms with Crippen molar-refractivity contribution >= 4 is 17.6 Å². The van der Waals surface area contributed by atoms with E-state index < -0.39 is 5.60 Å². The minimum absolute atomic E-state index is 0.126. The number of nitrogens with one attached hydrogen (secondary N) is 2. The van der Waals surface area contributed by atoms with Crippen LogP contribution in [0.4, 0.5) is 10.6 Å². The zero-order valence-electron chi connectivity index (χ0n) is 17.0. The summed E-state index contributed by atoms with van der Waals surface area (Å²) in [5, 5.41) is 11.0. The highest BCUT2D eigenvalue weighted by atomic mass is 16.6. The van der Waals surface area contributed by atoms with Crippen molar-refractivity contribution in [3.05, 3.63) is 24.0 Å². The summed E-state index contributed by atoms with van der Waals surface area (Å²) in [7, 11) is 0. The molecule has 1 saturated carbocycles. The average Bonchev–Trinajstić information content (AvgIpc) is 3.21. The topological polar surface area (TPSA) is 80.5 Å². The Balaban J connectivity index is 1.66. The minimum atomic E-state index is -0.477. The van der Waals surface area contributed by atoms with Crippen LogP contribution >= 0.6 is 0 Å². The van der Waals surface area contributed by atoms with Gasteiger partial charge in [-0.25, -0.2) is 9.78 Å². The molecule has 0 bridgehead atoms. The predicted molar refractivity (Wildman–Crippen MR) is 106 cm³/mol. The monoisotopic (exact) mass is 373 g/mol. The third-order valence-electron chi connectivity index (χ3n) is 5.00. The minimum Gasteiger partial charge on any atom is -0.444 e. The number of carbonyl (C=O) groups excluding carboxylic acids is 1. The Hall–Kier alpha value is -2.31. The number of hydrogen-bond acceptors (Lipinski definition) is 5. The molecule has 1 amide bonds. The lowest BCUT2D eigenvalue weighted by Crippen LogP contribution is -2.38. The van der Waals surface area contributed by atoms with Gasteiger partial charge in [0.2, 0.25) is 0 Å². The maximum Gasteiger partial charge on any atom is 0.407 e. The molecule has 3 rings (SSSR count). The molecule has 27 heavy (non-hydrogen) atoms. The van der Waals surface area contributed by atoms with E-state index in [0.717, 1.165) is 42.8 Å². The number of alkyl carbamates (subject to hydrolysis) is 1. The fourth-order valence-corrected chi connectivity index (χ4v) is 3.42. The molecule has 0 spiro atoms. The van der Waals surface area contributed by atoms with Crippen molar-refractivity contribution in [3.8, 4) is 0 Å². The van der Waals surface area contributed by atoms with Crippen LogP contribution in [0.15, 0.2) is 18.3 Å². The fraction of sp³-hybridized carbons (Fsp3) is 0.650. The van der Waals surface area contributed by atoms with Gasteiger partial charge in [-0.05, 0) is 52.4 Å². The van der Waals surface area contributed by atoms with Gasteiger partial charge in [0.25, 0.3) is 0 Å². The molecule has 1 unspecified atom stereocenters. The van der Waals surface area contributed by atoms with E-state index in [4.69, 9.17) is 9.72 Å². The van der Waals surface area contributed by atoms with Gasteiger partial charge in [-0.15, -0.1) is 0 Å². The molecule has 2 N–H and O–H groups in total. The van der Waals surface area contributed by atoms with Crippen LogP contribution in [0, 0.1) is 0 Å². The first kappa shape index (κ1) is 19.5. The molecule has 2 aromatic heterocycles. The van der Waals surface area contributed by atoms with Gasteiger partial charge in [-0.2, -0.15) is 9.61 Å². The van der Waals surface area contributed by atoms with E-state index in [1.54, 1.807) is 6.20 Å². The van der Waals surface area contributed by atoms with Crippen molar-refractivity contribution in [1.29, 1.82) is 0 Å². The number of nitrogens with zero attached hydrogens (tertiary/aromatic N) is 3. The second-order valence-corrected chi connectivity index (χ2v) is 8.47. The Kier molecular flexibility index (Phi) is 5.58. The Morgan fingerprint density at radius 1 is 1.37 bits per heavy atom. The van der Waals surface area contributed by atoms with Gasteiger partial charge in [0.05, 0.1) is 6.20 Å². The molecule has 0 aromatic carbocycles. The summed E-state index contributed by atoms with van der Waals surface area (Å²) in [6, 6.07) is 4.44. The quantitative estimate of drug-likeness (QED) is 0.825. The molecular formula is C20H31N5O2. The summed E-state index contributed by atoms with van der Waals surface area (Å²) >= 11 is 0. The van der Waals surface area contributed by atoms with E-state index in [-0.39, 0.29) is 18.2 Å². The molecule has 1 fully saturated rings. The highest BCUT2D eigenvalue weighted by Gasteiger charge is 2.28. The lowest BCUT2D eigenvalue weighted by atomic mass is 10.0. The fourth-order valence-electron chi connectivity index (χ4n) is 3.42. The van der Waals surface area contributed by atoms with Crippen LogP contribution in [-0.4, -0.2) is 38.4 Å². The molecule has 0 aliphatic heterocycles. The van der Waals surface area contributed by atoms with Crippen LogP contribution in [0.2, 0.25) is 0 Å². The molecule has 7 nitrogen and oxygen atoms in total. The van der Waals surface area contributed by atoms with Crippen molar-refractivity contribution in [2.45, 2.75) is 83.9 Å². The molecule has 1 aliphatic carbocycles. The van der Waals surface area contributed by atoms with Gasteiger partial charge < -0.3 is 15.4 Å². The Morgan fingerprint density at radius 2 is 2.11 bits per heavy atom. The molecule has 0 saturated heterocycles. The molecule has 3 atom stereocenters. The van der Waals surface area contributed by atoms with Crippen LogP contribution in [0.1, 0.15) is 71.9 Å². The Morgan fingerprint density at radius 3 is 2.81 bits per heavy atom. The number of amides is 1. The van der Waals surface area contributed by atoms with Crippen LogP contribution in [-0.2, 0) is 4.74 Å². The zero-order chi connectivity index (χ0) is 19.6. The summed E-state index contributed by atoms with van der Waals surface area (Å²) in [6.07, 6.45) is 5.26. The molecule has 0 radical (unpaired) electrons. The maximum atomic E-state index is 12.0. The van der Waals surface area contributed by atoms with Gasteiger partial charge in [0.1, 0.15) is 11.4 Å². The van der Waals surface area contributed by atoms with Crippen molar-refractivity contribution in [2.24, 2.45) is 0 Å². The zero-order valence-corrected chi connectivity index (χ0v) is 17.0. The number of ether oxygens (including phenoxy) is 1. The first-order valence-electron chi connectivity index (χ1n) is 9.86. The van der Waals surface area contributed by atoms with E-state index in [1.807, 2.05) is 31.4 Å². The maximum absolute atomic E-state index is 12.0. The first-order valence-corrected chi connectivity index (χ1v) is 9.86. The number of aromatic nitrogens is 3. The van der Waals surface area contributed by atoms with Crippen LogP contribution in [0.3, 0.4) is 0 Å². The van der Waals surface area contributed by atoms with Gasteiger partial charge in [0, 0.05) is 29.9 Å². The Labute approximate surface area is 160 Å². The SMILES string of the molecule is CCC(C)c1cc(N[C@H]2CC[C@H](NC(=O)OC(C)(C)C)C2)n2nccc2n1. The van der Waals surface area contributed by atoms with E-state index in [9.17, 15) is 4.79 Å². The van der Waals surface area contributed by atoms with E-state index in [0.29, 0.717) is 5.92 Å². The number of rotatable bonds is 5. The lowest BCUT2D eigenvalue weighted by Gasteiger charge is -2.22. The third kappa shape index (κ3) is 4.90. The summed E-state index contributed by atoms with van der Waals surface area (Å²) in [6.45, 7) is 9.98. The second-order valence-electron chi connectivity index (χ2n) is 8.47. The highest BCUT2D eigenvalue weighted by Crippen LogP contribution is 2.26. The van der Waals surface area contributed by atoms with E-state index in [1.165, 1.54) is 0 Å². The predicted octanol–water partition coefficient (Wildman–Crippen LogP) is 4.10. The first-order chi connectivity index (χ1) is 12.7. The molecule has 1 aliphatic rings. The van der Waals surface area contributed by atoms with Crippen molar-refractivity contribution < 1.29 is 9.53 Å². The third-order valence-corrected chi connectivity index (χ3v) is 5.00. The Bertz CT molecular complexity index is 795. The molecule has 2 heterocycles. The van der Waals surface area contributed by atoms with Crippen molar-refractivity contribution in [1.82, 2.24) is 19.9 Å². The average molecular weight is 374 g/mol. The summed E-state index contributed by atoms with van der Waals surface area (Å²) in [5.41, 5.74) is 1.46. The van der Waals surface area contributed by atoms with Gasteiger partial charge in [-0.3, -0.25) is 0 Å². The van der Waals surface area contributed by atoms with Crippen LogP contribution in [0.25, 0.3) is 5.65 Å². The number of hydrogen-bond donors (Lipinski definition) is 2. The van der Waals surface area contributed by atoms with Crippen LogP contribution < -0.4 is 10.6 Å². The summed E-state index contributed by atoms with van der Waals surface area (Å²) in [4.78, 5) is 16.7. The standard InChI is InChI=1S/C20H31N5O2/c1-6-13(2)16-12-18(25-17(24-16)9-10-21-25)22-14-7-8-15(11-14)23-19(26)27-20(3,4)5/h9-10,12-15,22H,6-8,11H2,1-5H3,(H,23,26)/t13?,14-,15-/m0/s1. The van der Waals surface area contributed by atoms with Gasteiger partial charge in [0.15, 0.2) is 5.65 Å².